The second-order valence-corrected chi connectivity index (χ2v) is 3.23. The Kier molecular flexibility index (Phi) is 4.70. The van der Waals surface area contributed by atoms with Crippen molar-refractivity contribution in [3.8, 4) is 0 Å². The summed E-state index contributed by atoms with van der Waals surface area (Å²) in [5.74, 6) is -0.224. The molecular formula is C10H16N4O. The van der Waals surface area contributed by atoms with Gasteiger partial charge in [0, 0.05) is 31.4 Å². The van der Waals surface area contributed by atoms with E-state index in [0.717, 1.165) is 5.69 Å². The second-order valence-electron chi connectivity index (χ2n) is 3.23. The van der Waals surface area contributed by atoms with Crippen molar-refractivity contribution in [2.75, 3.05) is 13.1 Å². The van der Waals surface area contributed by atoms with Crippen LogP contribution in [0.15, 0.2) is 18.6 Å². The second kappa shape index (κ2) is 6.08. The highest BCUT2D eigenvalue weighted by molar-refractivity contribution is 5.79. The molecule has 0 aromatic carbocycles. The molecule has 3 N–H and O–H groups in total. The summed E-state index contributed by atoms with van der Waals surface area (Å²) >= 11 is 0. The Labute approximate surface area is 89.1 Å². The molecule has 0 fully saturated rings. The number of rotatable bonds is 5. The first-order chi connectivity index (χ1) is 7.27. The third-order valence-electron chi connectivity index (χ3n) is 2.11. The molecule has 0 radical (unpaired) electrons. The SMILES string of the molecule is CCNC(=O)C(CN)Cc1ccncn1. The molecule has 1 amide bonds. The molecule has 15 heavy (non-hydrogen) atoms. The standard InChI is InChI=1S/C10H16N4O/c1-2-13-10(15)8(6-11)5-9-3-4-12-7-14-9/h3-4,7-8H,2,5-6,11H2,1H3,(H,13,15). The van der Waals surface area contributed by atoms with E-state index in [1.165, 1.54) is 6.33 Å². The molecule has 0 aliphatic carbocycles. The Morgan fingerprint density at radius 3 is 3.00 bits per heavy atom. The zero-order valence-electron chi connectivity index (χ0n) is 8.81. The van der Waals surface area contributed by atoms with Crippen LogP contribution in [0.3, 0.4) is 0 Å². The number of carbonyl (C=O) groups excluding carboxylic acids is 1. The Balaban J connectivity index is 2.58. The third kappa shape index (κ3) is 3.63. The lowest BCUT2D eigenvalue weighted by Gasteiger charge is -2.13. The minimum Gasteiger partial charge on any atom is -0.356 e. The first-order valence-electron chi connectivity index (χ1n) is 5.00. The molecule has 82 valence electrons. The van der Waals surface area contributed by atoms with Crippen molar-refractivity contribution >= 4 is 5.91 Å². The van der Waals surface area contributed by atoms with Crippen LogP contribution in [0.5, 0.6) is 0 Å². The van der Waals surface area contributed by atoms with Crippen molar-refractivity contribution in [1.29, 1.82) is 0 Å². The van der Waals surface area contributed by atoms with E-state index in [-0.39, 0.29) is 11.8 Å². The van der Waals surface area contributed by atoms with E-state index in [2.05, 4.69) is 15.3 Å². The van der Waals surface area contributed by atoms with Gasteiger partial charge in [0.05, 0.1) is 5.92 Å². The summed E-state index contributed by atoms with van der Waals surface area (Å²) in [6.45, 7) is 2.84. The van der Waals surface area contributed by atoms with Crippen molar-refractivity contribution in [2.24, 2.45) is 11.7 Å². The van der Waals surface area contributed by atoms with Gasteiger partial charge in [-0.1, -0.05) is 0 Å². The maximum Gasteiger partial charge on any atom is 0.224 e. The van der Waals surface area contributed by atoms with E-state index in [9.17, 15) is 4.79 Å². The molecule has 5 nitrogen and oxygen atoms in total. The molecule has 0 spiro atoms. The van der Waals surface area contributed by atoms with Crippen molar-refractivity contribution in [1.82, 2.24) is 15.3 Å². The van der Waals surface area contributed by atoms with Gasteiger partial charge in [0.15, 0.2) is 0 Å². The van der Waals surface area contributed by atoms with Gasteiger partial charge in [-0.15, -0.1) is 0 Å². The Hall–Kier alpha value is -1.49. The van der Waals surface area contributed by atoms with Crippen LogP contribution in [0.1, 0.15) is 12.6 Å². The first kappa shape index (κ1) is 11.6. The molecule has 1 heterocycles. The lowest BCUT2D eigenvalue weighted by Crippen LogP contribution is -2.36. The zero-order valence-corrected chi connectivity index (χ0v) is 8.81. The summed E-state index contributed by atoms with van der Waals surface area (Å²) in [5, 5.41) is 2.75. The molecule has 1 aromatic heterocycles. The predicted octanol–water partition coefficient (Wildman–Crippen LogP) is -0.270. The van der Waals surface area contributed by atoms with Crippen LogP contribution in [0.25, 0.3) is 0 Å². The number of hydrogen-bond donors (Lipinski definition) is 2. The van der Waals surface area contributed by atoms with Crippen molar-refractivity contribution < 1.29 is 4.79 Å². The van der Waals surface area contributed by atoms with Crippen molar-refractivity contribution in [2.45, 2.75) is 13.3 Å². The van der Waals surface area contributed by atoms with Crippen molar-refractivity contribution in [3.05, 3.63) is 24.3 Å². The fourth-order valence-electron chi connectivity index (χ4n) is 1.29. The van der Waals surface area contributed by atoms with Gasteiger partial charge < -0.3 is 11.1 Å². The number of nitrogens with one attached hydrogen (secondary N) is 1. The quantitative estimate of drug-likeness (QED) is 0.698. The summed E-state index contributed by atoms with van der Waals surface area (Å²) in [6.07, 6.45) is 3.69. The van der Waals surface area contributed by atoms with Crippen LogP contribution in [0, 0.1) is 5.92 Å². The number of carbonyl (C=O) groups is 1. The number of nitrogens with two attached hydrogens (primary N) is 1. The lowest BCUT2D eigenvalue weighted by atomic mass is 10.0. The topological polar surface area (TPSA) is 80.9 Å². The highest BCUT2D eigenvalue weighted by Gasteiger charge is 2.16. The number of hydrogen-bond acceptors (Lipinski definition) is 4. The Bertz CT molecular complexity index is 302. The molecule has 1 aromatic rings. The van der Waals surface area contributed by atoms with Gasteiger partial charge in [-0.2, -0.15) is 0 Å². The summed E-state index contributed by atoms with van der Waals surface area (Å²) in [5.41, 5.74) is 6.39. The smallest absolute Gasteiger partial charge is 0.224 e. The first-order valence-corrected chi connectivity index (χ1v) is 5.00. The van der Waals surface area contributed by atoms with E-state index < -0.39 is 0 Å². The van der Waals surface area contributed by atoms with Gasteiger partial charge in [-0.3, -0.25) is 4.79 Å². The minimum absolute atomic E-state index is 0.0152. The summed E-state index contributed by atoms with van der Waals surface area (Å²) < 4.78 is 0. The Morgan fingerprint density at radius 1 is 1.67 bits per heavy atom. The number of amides is 1. The largest absolute Gasteiger partial charge is 0.356 e. The van der Waals surface area contributed by atoms with Crippen LogP contribution in [0.2, 0.25) is 0 Å². The van der Waals surface area contributed by atoms with Crippen LogP contribution in [-0.2, 0) is 11.2 Å². The van der Waals surface area contributed by atoms with Crippen LogP contribution >= 0.6 is 0 Å². The maximum absolute atomic E-state index is 11.5. The molecule has 0 bridgehead atoms. The molecule has 0 aliphatic heterocycles. The molecule has 1 unspecified atom stereocenters. The maximum atomic E-state index is 11.5. The Morgan fingerprint density at radius 2 is 2.47 bits per heavy atom. The predicted molar refractivity (Wildman–Crippen MR) is 57.0 cm³/mol. The summed E-state index contributed by atoms with van der Waals surface area (Å²) in [4.78, 5) is 19.4. The van der Waals surface area contributed by atoms with Crippen molar-refractivity contribution in [3.63, 3.8) is 0 Å². The average molecular weight is 208 g/mol. The van der Waals surface area contributed by atoms with E-state index in [4.69, 9.17) is 5.73 Å². The van der Waals surface area contributed by atoms with Crippen LogP contribution in [-0.4, -0.2) is 29.0 Å². The third-order valence-corrected chi connectivity index (χ3v) is 2.11. The van der Waals surface area contributed by atoms with Crippen LogP contribution in [0.4, 0.5) is 0 Å². The molecule has 0 saturated carbocycles. The monoisotopic (exact) mass is 208 g/mol. The van der Waals surface area contributed by atoms with E-state index in [0.29, 0.717) is 19.5 Å². The zero-order chi connectivity index (χ0) is 11.1. The highest BCUT2D eigenvalue weighted by Crippen LogP contribution is 2.04. The normalized spacial score (nSPS) is 12.1. The molecular weight excluding hydrogens is 192 g/mol. The summed E-state index contributed by atoms with van der Waals surface area (Å²) in [6, 6.07) is 1.79. The van der Waals surface area contributed by atoms with E-state index in [1.807, 2.05) is 6.92 Å². The number of aromatic nitrogens is 2. The molecule has 0 aliphatic rings. The molecule has 0 saturated heterocycles. The van der Waals surface area contributed by atoms with Gasteiger partial charge in [-0.25, -0.2) is 9.97 Å². The molecule has 5 heteroatoms. The lowest BCUT2D eigenvalue weighted by molar-refractivity contribution is -0.124. The molecule has 1 atom stereocenters. The van der Waals surface area contributed by atoms with E-state index >= 15 is 0 Å². The highest BCUT2D eigenvalue weighted by atomic mass is 16.1. The van der Waals surface area contributed by atoms with Gasteiger partial charge >= 0.3 is 0 Å². The fourth-order valence-corrected chi connectivity index (χ4v) is 1.29. The fraction of sp³-hybridized carbons (Fsp3) is 0.500. The minimum atomic E-state index is -0.208. The van der Waals surface area contributed by atoms with E-state index in [1.54, 1.807) is 12.3 Å². The van der Waals surface area contributed by atoms with Gasteiger partial charge in [0.2, 0.25) is 5.91 Å². The van der Waals surface area contributed by atoms with Gasteiger partial charge in [-0.05, 0) is 13.0 Å². The number of nitrogens with zero attached hydrogens (tertiary/aromatic N) is 2. The summed E-state index contributed by atoms with van der Waals surface area (Å²) in [7, 11) is 0. The molecule has 1 rings (SSSR count). The van der Waals surface area contributed by atoms with Gasteiger partial charge in [0.25, 0.3) is 0 Å². The average Bonchev–Trinajstić information content (AvgIpc) is 2.27. The van der Waals surface area contributed by atoms with Crippen LogP contribution < -0.4 is 11.1 Å². The van der Waals surface area contributed by atoms with Gasteiger partial charge in [0.1, 0.15) is 6.33 Å².